The van der Waals surface area contributed by atoms with Crippen LogP contribution in [0.1, 0.15) is 26.7 Å². The lowest BCUT2D eigenvalue weighted by molar-refractivity contribution is -0.147. The molecule has 1 rings (SSSR count). The van der Waals surface area contributed by atoms with Gasteiger partial charge in [0.05, 0.1) is 10.8 Å². The minimum atomic E-state index is -1.21. The van der Waals surface area contributed by atoms with Gasteiger partial charge in [-0.1, -0.05) is 37.0 Å². The van der Waals surface area contributed by atoms with Gasteiger partial charge >= 0.3 is 5.97 Å². The molecule has 116 valence electrons. The number of carbonyl (C=O) groups is 2. The van der Waals surface area contributed by atoms with Crippen molar-refractivity contribution < 1.29 is 14.7 Å². The molecule has 0 aliphatic rings. The maximum absolute atomic E-state index is 12.0. The van der Waals surface area contributed by atoms with Crippen LogP contribution in [-0.4, -0.2) is 28.3 Å². The van der Waals surface area contributed by atoms with Crippen LogP contribution in [-0.2, 0) is 9.59 Å². The summed E-state index contributed by atoms with van der Waals surface area (Å²) in [6.45, 7) is 3.47. The summed E-state index contributed by atoms with van der Waals surface area (Å²) in [6, 6.07) is 4.99. The van der Waals surface area contributed by atoms with E-state index in [-0.39, 0.29) is 11.7 Å². The van der Waals surface area contributed by atoms with Gasteiger partial charge in [-0.15, -0.1) is 11.8 Å². The predicted octanol–water partition coefficient (Wildman–Crippen LogP) is 3.85. The molecule has 0 bridgehead atoms. The van der Waals surface area contributed by atoms with Crippen LogP contribution in [0, 0.1) is 0 Å². The van der Waals surface area contributed by atoms with Gasteiger partial charge in [0.25, 0.3) is 0 Å². The average molecular weight is 350 g/mol. The summed E-state index contributed by atoms with van der Waals surface area (Å²) in [5.74, 6) is -1.29. The van der Waals surface area contributed by atoms with Gasteiger partial charge in [0.2, 0.25) is 5.91 Å². The molecule has 7 heteroatoms. The van der Waals surface area contributed by atoms with E-state index < -0.39 is 11.5 Å². The van der Waals surface area contributed by atoms with E-state index >= 15 is 0 Å². The SMILES string of the molecule is CCC(CC)(NC(=O)CSc1cc(Cl)ccc1Cl)C(=O)O. The minimum absolute atomic E-state index is 0.0785. The van der Waals surface area contributed by atoms with Crippen molar-refractivity contribution in [1.29, 1.82) is 0 Å². The average Bonchev–Trinajstić information content (AvgIpc) is 2.45. The Labute approximate surface area is 138 Å². The highest BCUT2D eigenvalue weighted by Crippen LogP contribution is 2.29. The molecule has 1 amide bonds. The second kappa shape index (κ2) is 7.92. The predicted molar refractivity (Wildman–Crippen MR) is 86.3 cm³/mol. The van der Waals surface area contributed by atoms with Gasteiger partial charge in [-0.3, -0.25) is 4.79 Å². The summed E-state index contributed by atoms with van der Waals surface area (Å²) in [5, 5.41) is 12.9. The van der Waals surface area contributed by atoms with Gasteiger partial charge in [0.1, 0.15) is 5.54 Å². The number of carboxylic acid groups (broad SMARTS) is 1. The molecule has 0 saturated heterocycles. The highest BCUT2D eigenvalue weighted by Gasteiger charge is 2.36. The molecule has 0 unspecified atom stereocenters. The Morgan fingerprint density at radius 3 is 2.43 bits per heavy atom. The van der Waals surface area contributed by atoms with Crippen LogP contribution in [0.5, 0.6) is 0 Å². The molecule has 0 fully saturated rings. The van der Waals surface area contributed by atoms with E-state index in [1.165, 1.54) is 11.8 Å². The fraction of sp³-hybridized carbons (Fsp3) is 0.429. The quantitative estimate of drug-likeness (QED) is 0.733. The highest BCUT2D eigenvalue weighted by molar-refractivity contribution is 8.00. The summed E-state index contributed by atoms with van der Waals surface area (Å²) in [7, 11) is 0. The molecule has 0 heterocycles. The molecule has 1 aromatic carbocycles. The Morgan fingerprint density at radius 1 is 1.29 bits per heavy atom. The van der Waals surface area contributed by atoms with Crippen molar-refractivity contribution in [3.8, 4) is 0 Å². The molecule has 0 spiro atoms. The summed E-state index contributed by atoms with van der Waals surface area (Å²) < 4.78 is 0. The van der Waals surface area contributed by atoms with Gasteiger partial charge in [0.15, 0.2) is 0 Å². The number of benzene rings is 1. The first kappa shape index (κ1) is 18.1. The first-order chi connectivity index (χ1) is 9.84. The van der Waals surface area contributed by atoms with E-state index in [1.807, 2.05) is 0 Å². The Balaban J connectivity index is 2.69. The summed E-state index contributed by atoms with van der Waals surface area (Å²) in [6.07, 6.45) is 0.653. The number of amides is 1. The number of carboxylic acids is 1. The van der Waals surface area contributed by atoms with Crippen molar-refractivity contribution >= 4 is 46.8 Å². The van der Waals surface area contributed by atoms with Gasteiger partial charge in [-0.2, -0.15) is 0 Å². The van der Waals surface area contributed by atoms with E-state index in [9.17, 15) is 14.7 Å². The Bertz CT molecular complexity index is 533. The van der Waals surface area contributed by atoms with E-state index in [0.29, 0.717) is 27.8 Å². The molecule has 0 radical (unpaired) electrons. The highest BCUT2D eigenvalue weighted by atomic mass is 35.5. The molecule has 1 aromatic rings. The van der Waals surface area contributed by atoms with E-state index in [4.69, 9.17) is 23.2 Å². The number of thioether (sulfide) groups is 1. The number of halogens is 2. The maximum atomic E-state index is 12.0. The second-order valence-corrected chi connectivity index (χ2v) is 6.37. The van der Waals surface area contributed by atoms with Crippen LogP contribution >= 0.6 is 35.0 Å². The maximum Gasteiger partial charge on any atom is 0.329 e. The molecule has 0 atom stereocenters. The largest absolute Gasteiger partial charge is 0.480 e. The van der Waals surface area contributed by atoms with Gasteiger partial charge in [-0.25, -0.2) is 4.79 Å². The lowest BCUT2D eigenvalue weighted by atomic mass is 9.93. The normalized spacial score (nSPS) is 11.2. The zero-order valence-electron chi connectivity index (χ0n) is 11.8. The molecular formula is C14H17Cl2NO3S. The van der Waals surface area contributed by atoms with Crippen molar-refractivity contribution in [2.45, 2.75) is 37.1 Å². The molecule has 0 aliphatic heterocycles. The third-order valence-corrected chi connectivity index (χ3v) is 4.98. The van der Waals surface area contributed by atoms with Crippen LogP contribution in [0.15, 0.2) is 23.1 Å². The van der Waals surface area contributed by atoms with Gasteiger partial charge in [0, 0.05) is 9.92 Å². The monoisotopic (exact) mass is 349 g/mol. The Hall–Kier alpha value is -0.910. The van der Waals surface area contributed by atoms with Gasteiger partial charge in [-0.05, 0) is 31.0 Å². The topological polar surface area (TPSA) is 66.4 Å². The van der Waals surface area contributed by atoms with Crippen LogP contribution in [0.2, 0.25) is 10.0 Å². The number of hydrogen-bond donors (Lipinski definition) is 2. The van der Waals surface area contributed by atoms with Crippen molar-refractivity contribution in [2.75, 3.05) is 5.75 Å². The first-order valence-electron chi connectivity index (χ1n) is 6.47. The van der Waals surface area contributed by atoms with Crippen molar-refractivity contribution in [3.63, 3.8) is 0 Å². The van der Waals surface area contributed by atoms with Crippen LogP contribution < -0.4 is 5.32 Å². The van der Waals surface area contributed by atoms with Crippen molar-refractivity contribution in [2.24, 2.45) is 0 Å². The molecule has 2 N–H and O–H groups in total. The lowest BCUT2D eigenvalue weighted by Gasteiger charge is -2.28. The smallest absolute Gasteiger partial charge is 0.329 e. The Kier molecular flexibility index (Phi) is 6.84. The second-order valence-electron chi connectivity index (χ2n) is 4.51. The van der Waals surface area contributed by atoms with Crippen molar-refractivity contribution in [3.05, 3.63) is 28.2 Å². The van der Waals surface area contributed by atoms with Crippen LogP contribution in [0.4, 0.5) is 0 Å². The summed E-state index contributed by atoms with van der Waals surface area (Å²) in [5.41, 5.74) is -1.21. The molecule has 0 aliphatic carbocycles. The van der Waals surface area contributed by atoms with Crippen LogP contribution in [0.3, 0.4) is 0 Å². The molecule has 0 aromatic heterocycles. The number of nitrogens with one attached hydrogen (secondary N) is 1. The fourth-order valence-corrected chi connectivity index (χ4v) is 3.11. The van der Waals surface area contributed by atoms with E-state index in [0.717, 1.165) is 0 Å². The zero-order valence-corrected chi connectivity index (χ0v) is 14.1. The molecule has 0 saturated carbocycles. The van der Waals surface area contributed by atoms with Gasteiger partial charge < -0.3 is 10.4 Å². The number of carbonyl (C=O) groups excluding carboxylic acids is 1. The summed E-state index contributed by atoms with van der Waals surface area (Å²) >= 11 is 13.1. The number of aliphatic carboxylic acids is 1. The molecule has 21 heavy (non-hydrogen) atoms. The van der Waals surface area contributed by atoms with Crippen LogP contribution in [0.25, 0.3) is 0 Å². The van der Waals surface area contributed by atoms with Crippen molar-refractivity contribution in [1.82, 2.24) is 5.32 Å². The molecule has 4 nitrogen and oxygen atoms in total. The lowest BCUT2D eigenvalue weighted by Crippen LogP contribution is -2.54. The summed E-state index contributed by atoms with van der Waals surface area (Å²) in [4.78, 5) is 24.0. The third-order valence-electron chi connectivity index (χ3n) is 3.25. The number of rotatable bonds is 7. The zero-order chi connectivity index (χ0) is 16.0. The standard InChI is InChI=1S/C14H17Cl2NO3S/c1-3-14(4-2,13(19)20)17-12(18)8-21-11-7-9(15)5-6-10(11)16/h5-7H,3-4,8H2,1-2H3,(H,17,18)(H,19,20). The van der Waals surface area contributed by atoms with E-state index in [2.05, 4.69) is 5.32 Å². The number of hydrogen-bond acceptors (Lipinski definition) is 3. The molecular weight excluding hydrogens is 333 g/mol. The Morgan fingerprint density at radius 2 is 1.90 bits per heavy atom. The first-order valence-corrected chi connectivity index (χ1v) is 8.21. The van der Waals surface area contributed by atoms with E-state index in [1.54, 1.807) is 32.0 Å². The third kappa shape index (κ3) is 4.80. The fourth-order valence-electron chi connectivity index (χ4n) is 1.82. The minimum Gasteiger partial charge on any atom is -0.480 e.